The number of alkyl halides is 3. The predicted molar refractivity (Wildman–Crippen MR) is 67.0 cm³/mol. The van der Waals surface area contributed by atoms with Gasteiger partial charge in [0.15, 0.2) is 6.10 Å². The van der Waals surface area contributed by atoms with Gasteiger partial charge in [0, 0.05) is 13.1 Å². The summed E-state index contributed by atoms with van der Waals surface area (Å²) in [5, 5.41) is 9.19. The summed E-state index contributed by atoms with van der Waals surface area (Å²) in [6.07, 6.45) is -7.32. The van der Waals surface area contributed by atoms with Gasteiger partial charge in [0.25, 0.3) is 5.91 Å². The number of aliphatic hydroxyl groups excluding tert-OH is 1. The molecule has 3 nitrogen and oxygen atoms in total. The number of likely N-dealkylation sites (tertiary alicyclic amines) is 1. The monoisotopic (exact) mass is 323 g/mol. The minimum atomic E-state index is -4.71. The molecule has 1 fully saturated rings. The number of nitrogens with zero attached hydrogens (tertiary/aromatic N) is 1. The minimum absolute atomic E-state index is 0.0809. The number of halogens is 5. The topological polar surface area (TPSA) is 40.5 Å². The number of aliphatic hydroxyl groups is 1. The van der Waals surface area contributed by atoms with Gasteiger partial charge in [-0.15, -0.1) is 0 Å². The van der Waals surface area contributed by atoms with E-state index in [1.807, 2.05) is 0 Å². The summed E-state index contributed by atoms with van der Waals surface area (Å²) in [5.74, 6) is -3.94. The Kier molecular flexibility index (Phi) is 4.69. The molecule has 22 heavy (non-hydrogen) atoms. The van der Waals surface area contributed by atoms with Gasteiger partial charge in [-0.1, -0.05) is 6.07 Å². The standard InChI is InChI=1S/C14H14F5NO2/c15-9-2-1-3-10(16)11(9)13(22)20-6-4-8(5-7-20)12(21)14(17,18)19/h1-3,8,12,21H,4-7H2. The molecule has 1 aromatic rings. The van der Waals surface area contributed by atoms with Crippen LogP contribution < -0.4 is 0 Å². The van der Waals surface area contributed by atoms with E-state index in [4.69, 9.17) is 0 Å². The lowest BCUT2D eigenvalue weighted by atomic mass is 9.90. The number of amides is 1. The van der Waals surface area contributed by atoms with Crippen LogP contribution in [0.15, 0.2) is 18.2 Å². The molecular weight excluding hydrogens is 309 g/mol. The van der Waals surface area contributed by atoms with Gasteiger partial charge in [-0.2, -0.15) is 13.2 Å². The number of hydrogen-bond donors (Lipinski definition) is 1. The second-order valence-corrected chi connectivity index (χ2v) is 5.21. The molecule has 1 unspecified atom stereocenters. The molecule has 0 saturated carbocycles. The van der Waals surface area contributed by atoms with Gasteiger partial charge in [0.2, 0.25) is 0 Å². The molecule has 1 aliphatic rings. The molecule has 0 radical (unpaired) electrons. The second kappa shape index (κ2) is 6.20. The molecule has 1 saturated heterocycles. The fourth-order valence-corrected chi connectivity index (χ4v) is 2.55. The van der Waals surface area contributed by atoms with Crippen molar-refractivity contribution in [1.29, 1.82) is 0 Å². The van der Waals surface area contributed by atoms with E-state index in [9.17, 15) is 31.9 Å². The molecule has 0 spiro atoms. The van der Waals surface area contributed by atoms with Crippen molar-refractivity contribution >= 4 is 5.91 Å². The van der Waals surface area contributed by atoms with Crippen molar-refractivity contribution in [3.05, 3.63) is 35.4 Å². The van der Waals surface area contributed by atoms with Gasteiger partial charge in [0.1, 0.15) is 17.2 Å². The lowest BCUT2D eigenvalue weighted by molar-refractivity contribution is -0.222. The van der Waals surface area contributed by atoms with Crippen LogP contribution in [-0.2, 0) is 0 Å². The number of carbonyl (C=O) groups excluding carboxylic acids is 1. The van der Waals surface area contributed by atoms with Crippen molar-refractivity contribution in [1.82, 2.24) is 4.90 Å². The van der Waals surface area contributed by atoms with Crippen LogP contribution in [0.2, 0.25) is 0 Å². The highest BCUT2D eigenvalue weighted by Gasteiger charge is 2.44. The summed E-state index contributed by atoms with van der Waals surface area (Å²) in [4.78, 5) is 13.2. The summed E-state index contributed by atoms with van der Waals surface area (Å²) in [7, 11) is 0. The Balaban J connectivity index is 2.04. The number of benzene rings is 1. The molecule has 2 rings (SSSR count). The molecule has 1 aromatic carbocycles. The van der Waals surface area contributed by atoms with E-state index in [0.717, 1.165) is 23.1 Å². The maximum atomic E-state index is 13.5. The molecule has 0 aromatic heterocycles. The fourth-order valence-electron chi connectivity index (χ4n) is 2.55. The SMILES string of the molecule is O=C(c1c(F)cccc1F)N1CCC(C(O)C(F)(F)F)CC1. The average molecular weight is 323 g/mol. The number of carbonyl (C=O) groups is 1. The molecule has 8 heteroatoms. The normalized spacial score (nSPS) is 18.4. The molecule has 0 bridgehead atoms. The van der Waals surface area contributed by atoms with Crippen LogP contribution in [0, 0.1) is 17.6 Å². The third-order valence-electron chi connectivity index (χ3n) is 3.79. The van der Waals surface area contributed by atoms with Crippen molar-refractivity contribution in [3.63, 3.8) is 0 Å². The number of hydrogen-bond acceptors (Lipinski definition) is 2. The van der Waals surface area contributed by atoms with Crippen LogP contribution in [0.4, 0.5) is 22.0 Å². The average Bonchev–Trinajstić information content (AvgIpc) is 2.45. The van der Waals surface area contributed by atoms with Gasteiger partial charge >= 0.3 is 6.18 Å². The summed E-state index contributed by atoms with van der Waals surface area (Å²) in [5.41, 5.74) is -0.711. The van der Waals surface area contributed by atoms with Crippen molar-refractivity contribution in [2.75, 3.05) is 13.1 Å². The summed E-state index contributed by atoms with van der Waals surface area (Å²) in [6, 6.07) is 3.00. The number of piperidine rings is 1. The fraction of sp³-hybridized carbons (Fsp3) is 0.500. The highest BCUT2D eigenvalue weighted by molar-refractivity contribution is 5.94. The van der Waals surface area contributed by atoms with Crippen LogP contribution in [-0.4, -0.2) is 41.3 Å². The zero-order valence-electron chi connectivity index (χ0n) is 11.4. The largest absolute Gasteiger partial charge is 0.414 e. The Hall–Kier alpha value is -1.70. The van der Waals surface area contributed by atoms with Crippen molar-refractivity contribution < 1.29 is 31.9 Å². The van der Waals surface area contributed by atoms with Crippen molar-refractivity contribution in [2.45, 2.75) is 25.1 Å². The molecule has 1 aliphatic heterocycles. The van der Waals surface area contributed by atoms with Gasteiger partial charge in [-0.05, 0) is 30.9 Å². The van der Waals surface area contributed by atoms with E-state index in [0.29, 0.717) is 0 Å². The minimum Gasteiger partial charge on any atom is -0.383 e. The highest BCUT2D eigenvalue weighted by atomic mass is 19.4. The van der Waals surface area contributed by atoms with Gasteiger partial charge in [-0.3, -0.25) is 4.79 Å². The van der Waals surface area contributed by atoms with Crippen molar-refractivity contribution in [2.24, 2.45) is 5.92 Å². The zero-order valence-corrected chi connectivity index (χ0v) is 11.4. The van der Waals surface area contributed by atoms with Gasteiger partial charge in [0.05, 0.1) is 0 Å². The van der Waals surface area contributed by atoms with Crippen LogP contribution in [0.3, 0.4) is 0 Å². The Morgan fingerprint density at radius 3 is 2.14 bits per heavy atom. The van der Waals surface area contributed by atoms with Crippen molar-refractivity contribution in [3.8, 4) is 0 Å². The Morgan fingerprint density at radius 2 is 1.68 bits per heavy atom. The molecule has 1 heterocycles. The molecule has 122 valence electrons. The lowest BCUT2D eigenvalue weighted by Gasteiger charge is -2.34. The Morgan fingerprint density at radius 1 is 1.18 bits per heavy atom. The smallest absolute Gasteiger partial charge is 0.383 e. The Labute approximate surface area is 123 Å². The van der Waals surface area contributed by atoms with Crippen LogP contribution in [0.1, 0.15) is 23.2 Å². The first-order valence-corrected chi connectivity index (χ1v) is 6.70. The first-order chi connectivity index (χ1) is 10.2. The third-order valence-corrected chi connectivity index (χ3v) is 3.79. The number of rotatable bonds is 2. The highest BCUT2D eigenvalue weighted by Crippen LogP contribution is 2.32. The van der Waals surface area contributed by atoms with Gasteiger partial charge in [-0.25, -0.2) is 8.78 Å². The van der Waals surface area contributed by atoms with E-state index < -0.39 is 41.3 Å². The zero-order chi connectivity index (χ0) is 16.5. The summed E-state index contributed by atoms with van der Waals surface area (Å²) < 4.78 is 64.4. The Bertz CT molecular complexity index is 532. The van der Waals surface area contributed by atoms with E-state index in [1.165, 1.54) is 0 Å². The summed E-state index contributed by atoms with van der Waals surface area (Å²) >= 11 is 0. The van der Waals surface area contributed by atoms with Gasteiger partial charge < -0.3 is 10.0 Å². The van der Waals surface area contributed by atoms with Crippen LogP contribution in [0.5, 0.6) is 0 Å². The van der Waals surface area contributed by atoms with E-state index >= 15 is 0 Å². The first kappa shape index (κ1) is 16.7. The van der Waals surface area contributed by atoms with E-state index in [-0.39, 0.29) is 25.9 Å². The van der Waals surface area contributed by atoms with Crippen LogP contribution in [0.25, 0.3) is 0 Å². The molecule has 1 amide bonds. The van der Waals surface area contributed by atoms with E-state index in [1.54, 1.807) is 0 Å². The third kappa shape index (κ3) is 3.37. The first-order valence-electron chi connectivity index (χ1n) is 6.70. The van der Waals surface area contributed by atoms with Crippen LogP contribution >= 0.6 is 0 Å². The second-order valence-electron chi connectivity index (χ2n) is 5.21. The van der Waals surface area contributed by atoms with E-state index in [2.05, 4.69) is 0 Å². The predicted octanol–water partition coefficient (Wildman–Crippen LogP) is 2.74. The maximum absolute atomic E-state index is 13.5. The molecule has 1 atom stereocenters. The maximum Gasteiger partial charge on any atom is 0.414 e. The molecular formula is C14H14F5NO2. The molecule has 1 N–H and O–H groups in total. The lowest BCUT2D eigenvalue weighted by Crippen LogP contribution is -2.45. The quantitative estimate of drug-likeness (QED) is 0.850. The molecule has 0 aliphatic carbocycles. The summed E-state index contributed by atoms with van der Waals surface area (Å²) in [6.45, 7) is -0.186.